The summed E-state index contributed by atoms with van der Waals surface area (Å²) < 4.78 is 0. The Balaban J connectivity index is 1.32. The van der Waals surface area contributed by atoms with Crippen LogP contribution in [0.25, 0.3) is 88.4 Å². The van der Waals surface area contributed by atoms with E-state index >= 15 is 0 Å². The minimum atomic E-state index is 0.651. The molecule has 1 heterocycles. The summed E-state index contributed by atoms with van der Waals surface area (Å²) in [5, 5.41) is 9.53. The van der Waals surface area contributed by atoms with Gasteiger partial charge >= 0.3 is 0 Å². The van der Waals surface area contributed by atoms with E-state index in [4.69, 9.17) is 15.0 Å². The molecule has 0 fully saturated rings. The molecule has 0 amide bonds. The highest BCUT2D eigenvalue weighted by atomic mass is 15.0. The van der Waals surface area contributed by atoms with Gasteiger partial charge in [0.05, 0.1) is 0 Å². The van der Waals surface area contributed by atoms with E-state index < -0.39 is 0 Å². The summed E-state index contributed by atoms with van der Waals surface area (Å²) >= 11 is 0. The monoisotopic (exact) mass is 585 g/mol. The SMILES string of the molecule is c1ccc(-c2nc(-c3cccc4c3ccc3c5ccccc5ccc43)nc(-c3cccc4cccc(-c5ccccc5)c34)n2)cc1. The smallest absolute Gasteiger partial charge is 0.164 e. The van der Waals surface area contributed by atoms with Crippen molar-refractivity contribution in [1.82, 2.24) is 15.0 Å². The van der Waals surface area contributed by atoms with Crippen molar-refractivity contribution in [3.8, 4) is 45.3 Å². The van der Waals surface area contributed by atoms with Crippen molar-refractivity contribution in [2.45, 2.75) is 0 Å². The summed E-state index contributed by atoms with van der Waals surface area (Å²) in [7, 11) is 0. The molecule has 0 bridgehead atoms. The van der Waals surface area contributed by atoms with Crippen LogP contribution in [0.3, 0.4) is 0 Å². The zero-order valence-electron chi connectivity index (χ0n) is 24.9. The molecule has 1 aromatic heterocycles. The van der Waals surface area contributed by atoms with Gasteiger partial charge in [0.1, 0.15) is 0 Å². The lowest BCUT2D eigenvalue weighted by atomic mass is 9.94. The van der Waals surface area contributed by atoms with Crippen LogP contribution >= 0.6 is 0 Å². The zero-order valence-corrected chi connectivity index (χ0v) is 24.9. The highest BCUT2D eigenvalue weighted by molar-refractivity contribution is 6.19. The van der Waals surface area contributed by atoms with Gasteiger partial charge in [0, 0.05) is 22.1 Å². The maximum absolute atomic E-state index is 5.24. The average Bonchev–Trinajstić information content (AvgIpc) is 3.14. The van der Waals surface area contributed by atoms with Gasteiger partial charge in [-0.1, -0.05) is 164 Å². The first-order valence-electron chi connectivity index (χ1n) is 15.5. The van der Waals surface area contributed by atoms with Crippen LogP contribution in [0.15, 0.2) is 164 Å². The van der Waals surface area contributed by atoms with E-state index in [0.29, 0.717) is 17.5 Å². The van der Waals surface area contributed by atoms with Crippen molar-refractivity contribution in [3.05, 3.63) is 164 Å². The Labute approximate surface area is 266 Å². The van der Waals surface area contributed by atoms with Gasteiger partial charge in [-0.05, 0) is 48.8 Å². The molecule has 0 saturated carbocycles. The van der Waals surface area contributed by atoms with Crippen LogP contribution in [0, 0.1) is 0 Å². The molecule has 0 aliphatic rings. The molecule has 3 heteroatoms. The lowest BCUT2D eigenvalue weighted by Crippen LogP contribution is -2.01. The molecule has 0 N–H and O–H groups in total. The molecular weight excluding hydrogens is 558 g/mol. The summed E-state index contributed by atoms with van der Waals surface area (Å²) in [6.07, 6.45) is 0. The Kier molecular flexibility index (Phi) is 6.14. The summed E-state index contributed by atoms with van der Waals surface area (Å²) in [5.41, 5.74) is 5.23. The predicted octanol–water partition coefficient (Wildman–Crippen LogP) is 11.2. The fraction of sp³-hybridized carbons (Fsp3) is 0. The fourth-order valence-electron chi connectivity index (χ4n) is 6.77. The summed E-state index contributed by atoms with van der Waals surface area (Å²) in [6.45, 7) is 0. The first kappa shape index (κ1) is 26.2. The van der Waals surface area contributed by atoms with Gasteiger partial charge in [0.15, 0.2) is 17.5 Å². The molecule has 0 spiro atoms. The molecular formula is C43H27N3. The Bertz CT molecular complexity index is 2570. The van der Waals surface area contributed by atoms with E-state index in [1.54, 1.807) is 0 Å². The molecule has 214 valence electrons. The second-order valence-electron chi connectivity index (χ2n) is 11.6. The van der Waals surface area contributed by atoms with Crippen molar-refractivity contribution in [2.75, 3.05) is 0 Å². The van der Waals surface area contributed by atoms with Crippen LogP contribution in [0.4, 0.5) is 0 Å². The Morgan fingerprint density at radius 3 is 1.57 bits per heavy atom. The fourth-order valence-corrected chi connectivity index (χ4v) is 6.77. The van der Waals surface area contributed by atoms with E-state index in [2.05, 4.69) is 146 Å². The van der Waals surface area contributed by atoms with E-state index in [0.717, 1.165) is 44.0 Å². The molecule has 0 radical (unpaired) electrons. The second kappa shape index (κ2) is 10.8. The van der Waals surface area contributed by atoms with Gasteiger partial charge in [-0.3, -0.25) is 0 Å². The van der Waals surface area contributed by atoms with Gasteiger partial charge in [0.25, 0.3) is 0 Å². The van der Waals surface area contributed by atoms with Crippen LogP contribution in [-0.2, 0) is 0 Å². The second-order valence-corrected chi connectivity index (χ2v) is 11.6. The quantitative estimate of drug-likeness (QED) is 0.193. The largest absolute Gasteiger partial charge is 0.208 e. The maximum Gasteiger partial charge on any atom is 0.164 e. The van der Waals surface area contributed by atoms with Crippen LogP contribution in [-0.4, -0.2) is 15.0 Å². The molecule has 9 rings (SSSR count). The highest BCUT2D eigenvalue weighted by Gasteiger charge is 2.18. The third-order valence-electron chi connectivity index (χ3n) is 8.92. The number of hydrogen-bond acceptors (Lipinski definition) is 3. The lowest BCUT2D eigenvalue weighted by Gasteiger charge is -2.14. The first-order chi connectivity index (χ1) is 22.8. The molecule has 0 saturated heterocycles. The van der Waals surface area contributed by atoms with Gasteiger partial charge in [0.2, 0.25) is 0 Å². The highest BCUT2D eigenvalue weighted by Crippen LogP contribution is 2.38. The molecule has 9 aromatic rings. The summed E-state index contributed by atoms with van der Waals surface area (Å²) in [5.74, 6) is 1.96. The normalized spacial score (nSPS) is 11.5. The zero-order chi connectivity index (χ0) is 30.5. The minimum Gasteiger partial charge on any atom is -0.208 e. The van der Waals surface area contributed by atoms with Crippen molar-refractivity contribution < 1.29 is 0 Å². The first-order valence-corrected chi connectivity index (χ1v) is 15.5. The molecule has 0 aliphatic carbocycles. The standard InChI is InChI=1S/C43H27N3/c1-3-12-28(13-4-1)33-20-9-17-30-18-10-23-39(40(30)33)43-45-41(31-15-5-2-6-16-31)44-42(46-43)38-22-11-21-34-36-25-24-29-14-7-8-19-32(29)35(36)26-27-37(34)38/h1-27H. The number of aromatic nitrogens is 3. The topological polar surface area (TPSA) is 38.7 Å². The molecule has 46 heavy (non-hydrogen) atoms. The molecule has 8 aromatic carbocycles. The Morgan fingerprint density at radius 1 is 0.261 bits per heavy atom. The van der Waals surface area contributed by atoms with Gasteiger partial charge in [-0.25, -0.2) is 15.0 Å². The third-order valence-corrected chi connectivity index (χ3v) is 8.92. The van der Waals surface area contributed by atoms with Crippen molar-refractivity contribution in [2.24, 2.45) is 0 Å². The maximum atomic E-state index is 5.24. The molecule has 3 nitrogen and oxygen atoms in total. The van der Waals surface area contributed by atoms with E-state index in [1.165, 1.54) is 26.9 Å². The molecule has 0 aliphatic heterocycles. The van der Waals surface area contributed by atoms with E-state index in [1.807, 2.05) is 18.2 Å². The Morgan fingerprint density at radius 2 is 0.761 bits per heavy atom. The van der Waals surface area contributed by atoms with Crippen molar-refractivity contribution in [3.63, 3.8) is 0 Å². The average molecular weight is 586 g/mol. The molecule has 0 unspecified atom stereocenters. The number of nitrogens with zero attached hydrogens (tertiary/aromatic N) is 3. The Hall–Kier alpha value is -6.19. The number of rotatable bonds is 4. The number of fused-ring (bicyclic) bond motifs is 6. The minimum absolute atomic E-state index is 0.651. The summed E-state index contributed by atoms with van der Waals surface area (Å²) in [4.78, 5) is 15.5. The number of benzene rings is 8. The van der Waals surface area contributed by atoms with Gasteiger partial charge < -0.3 is 0 Å². The van der Waals surface area contributed by atoms with E-state index in [9.17, 15) is 0 Å². The van der Waals surface area contributed by atoms with Crippen LogP contribution in [0.1, 0.15) is 0 Å². The third kappa shape index (κ3) is 4.33. The van der Waals surface area contributed by atoms with Gasteiger partial charge in [-0.15, -0.1) is 0 Å². The molecule has 0 atom stereocenters. The van der Waals surface area contributed by atoms with Crippen LogP contribution in [0.5, 0.6) is 0 Å². The van der Waals surface area contributed by atoms with Gasteiger partial charge in [-0.2, -0.15) is 0 Å². The van der Waals surface area contributed by atoms with Crippen LogP contribution in [0.2, 0.25) is 0 Å². The lowest BCUT2D eigenvalue weighted by molar-refractivity contribution is 1.08. The summed E-state index contributed by atoms with van der Waals surface area (Å²) in [6, 6.07) is 57.5. The van der Waals surface area contributed by atoms with Crippen molar-refractivity contribution in [1.29, 1.82) is 0 Å². The van der Waals surface area contributed by atoms with Crippen LogP contribution < -0.4 is 0 Å². The number of hydrogen-bond donors (Lipinski definition) is 0. The predicted molar refractivity (Wildman–Crippen MR) is 192 cm³/mol. The van der Waals surface area contributed by atoms with E-state index in [-0.39, 0.29) is 0 Å². The van der Waals surface area contributed by atoms with Crippen molar-refractivity contribution >= 4 is 43.1 Å².